The monoisotopic (exact) mass is 265 g/mol. The molecule has 2 heterocycles. The average molecular weight is 265 g/mol. The molecule has 4 heteroatoms. The van der Waals surface area contributed by atoms with Crippen molar-refractivity contribution in [3.05, 3.63) is 24.2 Å². The molecule has 0 radical (unpaired) electrons. The van der Waals surface area contributed by atoms with E-state index in [2.05, 4.69) is 11.8 Å². The van der Waals surface area contributed by atoms with Crippen LogP contribution in [0.25, 0.3) is 0 Å². The molecule has 1 aliphatic heterocycles. The first kappa shape index (κ1) is 12.2. The van der Waals surface area contributed by atoms with E-state index < -0.39 is 0 Å². The molecule has 2 aliphatic rings. The lowest BCUT2D eigenvalue weighted by Gasteiger charge is -2.44. The van der Waals surface area contributed by atoms with Crippen molar-refractivity contribution in [1.29, 1.82) is 0 Å². The molecule has 1 aliphatic carbocycles. The van der Waals surface area contributed by atoms with Crippen LogP contribution in [0, 0.1) is 0 Å². The Bertz CT molecular complexity index is 404. The highest BCUT2D eigenvalue weighted by Gasteiger charge is 2.38. The number of carbonyl (C=O) groups excluding carboxylic acids is 1. The average Bonchev–Trinajstić information content (AvgIpc) is 2.93. The van der Waals surface area contributed by atoms with Gasteiger partial charge in [0.05, 0.1) is 11.8 Å². The number of carbonyl (C=O) groups is 1. The molecule has 3 rings (SSSR count). The normalized spacial score (nSPS) is 23.2. The predicted molar refractivity (Wildman–Crippen MR) is 72.9 cm³/mol. The highest BCUT2D eigenvalue weighted by atomic mass is 32.2. The van der Waals surface area contributed by atoms with Crippen LogP contribution in [0.15, 0.2) is 23.0 Å². The molecule has 3 nitrogen and oxygen atoms in total. The van der Waals surface area contributed by atoms with Crippen LogP contribution in [0.5, 0.6) is 0 Å². The maximum atomic E-state index is 12.3. The SMILES string of the molecule is O=C(c1ccoc1)N1CCSC2(CCCCC2)C1. The third-order valence-corrected chi connectivity index (χ3v) is 5.61. The van der Waals surface area contributed by atoms with E-state index in [4.69, 9.17) is 4.42 Å². The molecule has 1 saturated carbocycles. The lowest BCUT2D eigenvalue weighted by atomic mass is 9.87. The Morgan fingerprint density at radius 3 is 2.89 bits per heavy atom. The Kier molecular flexibility index (Phi) is 3.37. The van der Waals surface area contributed by atoms with Crippen LogP contribution in [-0.4, -0.2) is 34.4 Å². The largest absolute Gasteiger partial charge is 0.472 e. The second kappa shape index (κ2) is 5.00. The molecule has 2 fully saturated rings. The maximum Gasteiger partial charge on any atom is 0.257 e. The Morgan fingerprint density at radius 2 is 2.17 bits per heavy atom. The zero-order chi connectivity index (χ0) is 12.4. The molecule has 0 atom stereocenters. The molecule has 1 aromatic rings. The predicted octanol–water partition coefficient (Wildman–Crippen LogP) is 3.17. The summed E-state index contributed by atoms with van der Waals surface area (Å²) in [5.41, 5.74) is 0.688. The van der Waals surface area contributed by atoms with Gasteiger partial charge in [-0.2, -0.15) is 11.8 Å². The minimum Gasteiger partial charge on any atom is -0.472 e. The summed E-state index contributed by atoms with van der Waals surface area (Å²) in [7, 11) is 0. The van der Waals surface area contributed by atoms with Gasteiger partial charge in [0.25, 0.3) is 5.91 Å². The van der Waals surface area contributed by atoms with E-state index in [-0.39, 0.29) is 5.91 Å². The van der Waals surface area contributed by atoms with Gasteiger partial charge in [0.2, 0.25) is 0 Å². The Hall–Kier alpha value is -0.900. The van der Waals surface area contributed by atoms with Gasteiger partial charge in [0.15, 0.2) is 0 Å². The van der Waals surface area contributed by atoms with Crippen LogP contribution < -0.4 is 0 Å². The number of nitrogens with zero attached hydrogens (tertiary/aromatic N) is 1. The molecule has 0 N–H and O–H groups in total. The number of hydrogen-bond acceptors (Lipinski definition) is 3. The highest BCUT2D eigenvalue weighted by molar-refractivity contribution is 8.00. The summed E-state index contributed by atoms with van der Waals surface area (Å²) in [6.45, 7) is 1.79. The molecule has 1 amide bonds. The van der Waals surface area contributed by atoms with Gasteiger partial charge in [-0.3, -0.25) is 4.79 Å². The zero-order valence-corrected chi connectivity index (χ0v) is 11.4. The summed E-state index contributed by atoms with van der Waals surface area (Å²) in [6.07, 6.45) is 9.67. The Balaban J connectivity index is 1.72. The lowest BCUT2D eigenvalue weighted by molar-refractivity contribution is 0.0729. The van der Waals surface area contributed by atoms with Crippen molar-refractivity contribution in [3.8, 4) is 0 Å². The van der Waals surface area contributed by atoms with E-state index in [0.717, 1.165) is 18.8 Å². The smallest absolute Gasteiger partial charge is 0.257 e. The quantitative estimate of drug-likeness (QED) is 0.782. The van der Waals surface area contributed by atoms with Crippen LogP contribution in [-0.2, 0) is 0 Å². The van der Waals surface area contributed by atoms with Gasteiger partial charge < -0.3 is 9.32 Å². The van der Waals surface area contributed by atoms with Crippen LogP contribution in [0.1, 0.15) is 42.5 Å². The summed E-state index contributed by atoms with van der Waals surface area (Å²) < 4.78 is 5.35. The van der Waals surface area contributed by atoms with Gasteiger partial charge in [-0.1, -0.05) is 19.3 Å². The summed E-state index contributed by atoms with van der Waals surface area (Å²) >= 11 is 2.09. The molecule has 1 saturated heterocycles. The topological polar surface area (TPSA) is 33.5 Å². The molecule has 0 bridgehead atoms. The number of furan rings is 1. The van der Waals surface area contributed by atoms with Gasteiger partial charge in [-0.15, -0.1) is 0 Å². The van der Waals surface area contributed by atoms with Crippen molar-refractivity contribution in [3.63, 3.8) is 0 Å². The number of amides is 1. The van der Waals surface area contributed by atoms with Crippen molar-refractivity contribution in [2.24, 2.45) is 0 Å². The fourth-order valence-electron chi connectivity index (χ4n) is 3.09. The lowest BCUT2D eigenvalue weighted by Crippen LogP contribution is -2.49. The number of thioether (sulfide) groups is 1. The van der Waals surface area contributed by atoms with Gasteiger partial charge in [-0.05, 0) is 18.9 Å². The molecule has 0 aromatic carbocycles. The van der Waals surface area contributed by atoms with Gasteiger partial charge >= 0.3 is 0 Å². The molecule has 1 spiro atoms. The van der Waals surface area contributed by atoms with E-state index in [0.29, 0.717) is 10.3 Å². The maximum absolute atomic E-state index is 12.3. The molecule has 0 unspecified atom stereocenters. The molecule has 98 valence electrons. The van der Waals surface area contributed by atoms with E-state index >= 15 is 0 Å². The van der Waals surface area contributed by atoms with Crippen LogP contribution >= 0.6 is 11.8 Å². The Morgan fingerprint density at radius 1 is 1.33 bits per heavy atom. The molecule has 1 aromatic heterocycles. The van der Waals surface area contributed by atoms with E-state index in [1.54, 1.807) is 18.6 Å². The number of rotatable bonds is 1. The van der Waals surface area contributed by atoms with Gasteiger partial charge in [0, 0.05) is 23.6 Å². The first-order valence-corrected chi connectivity index (χ1v) is 7.73. The molecule has 18 heavy (non-hydrogen) atoms. The van der Waals surface area contributed by atoms with Gasteiger partial charge in [-0.25, -0.2) is 0 Å². The Labute approximate surface area is 112 Å². The first-order chi connectivity index (χ1) is 8.79. The fourth-order valence-corrected chi connectivity index (χ4v) is 4.65. The molecular formula is C14H19NO2S. The third-order valence-electron chi connectivity index (χ3n) is 4.07. The first-order valence-electron chi connectivity index (χ1n) is 6.75. The third kappa shape index (κ3) is 2.30. The van der Waals surface area contributed by atoms with Crippen LogP contribution in [0.3, 0.4) is 0 Å². The standard InChI is InChI=1S/C14H19NO2S/c16-13(12-4-8-17-10-12)15-7-9-18-14(11-15)5-2-1-3-6-14/h4,8,10H,1-3,5-7,9,11H2. The summed E-state index contributed by atoms with van der Waals surface area (Å²) in [6, 6.07) is 1.76. The minimum absolute atomic E-state index is 0.133. The van der Waals surface area contributed by atoms with Crippen LogP contribution in [0.2, 0.25) is 0 Å². The highest BCUT2D eigenvalue weighted by Crippen LogP contribution is 2.42. The van der Waals surface area contributed by atoms with Crippen LogP contribution in [0.4, 0.5) is 0 Å². The van der Waals surface area contributed by atoms with Crippen molar-refractivity contribution < 1.29 is 9.21 Å². The van der Waals surface area contributed by atoms with E-state index in [1.807, 2.05) is 4.90 Å². The van der Waals surface area contributed by atoms with E-state index in [1.165, 1.54) is 32.1 Å². The summed E-state index contributed by atoms with van der Waals surface area (Å²) in [5.74, 6) is 1.21. The second-order valence-corrected chi connectivity index (χ2v) is 6.89. The van der Waals surface area contributed by atoms with Gasteiger partial charge in [0.1, 0.15) is 6.26 Å². The second-order valence-electron chi connectivity index (χ2n) is 5.33. The summed E-state index contributed by atoms with van der Waals surface area (Å²) in [4.78, 5) is 14.4. The zero-order valence-electron chi connectivity index (χ0n) is 10.6. The number of hydrogen-bond donors (Lipinski definition) is 0. The minimum atomic E-state index is 0.133. The van der Waals surface area contributed by atoms with E-state index in [9.17, 15) is 4.79 Å². The summed E-state index contributed by atoms with van der Waals surface area (Å²) in [5, 5.41) is 0. The molecular weight excluding hydrogens is 246 g/mol. The van der Waals surface area contributed by atoms with Crippen molar-refractivity contribution in [2.75, 3.05) is 18.8 Å². The van der Waals surface area contributed by atoms with Crippen molar-refractivity contribution in [1.82, 2.24) is 4.90 Å². The fraction of sp³-hybridized carbons (Fsp3) is 0.643. The van der Waals surface area contributed by atoms with Crippen molar-refractivity contribution in [2.45, 2.75) is 36.9 Å². The van der Waals surface area contributed by atoms with Crippen molar-refractivity contribution >= 4 is 17.7 Å².